The molecule has 10 heteroatoms. The van der Waals surface area contributed by atoms with E-state index >= 15 is 0 Å². The highest BCUT2D eigenvalue weighted by molar-refractivity contribution is 6.31. The molecular formula is C29H30ClN5O4. The maximum atomic E-state index is 13.3. The Balaban J connectivity index is 1.37. The Hall–Kier alpha value is -3.85. The zero-order valence-electron chi connectivity index (χ0n) is 22.1. The van der Waals surface area contributed by atoms with Gasteiger partial charge in [-0.3, -0.25) is 14.9 Å². The number of carbonyl (C=O) groups is 3. The van der Waals surface area contributed by atoms with E-state index in [9.17, 15) is 14.4 Å². The van der Waals surface area contributed by atoms with E-state index in [2.05, 4.69) is 14.9 Å². The molecule has 2 fully saturated rings. The lowest BCUT2D eigenvalue weighted by atomic mass is 9.86. The van der Waals surface area contributed by atoms with Gasteiger partial charge in [-0.25, -0.2) is 9.78 Å². The molecule has 0 bridgehead atoms. The average Bonchev–Trinajstić information content (AvgIpc) is 3.55. The van der Waals surface area contributed by atoms with Crippen LogP contribution in [0.3, 0.4) is 0 Å². The van der Waals surface area contributed by atoms with E-state index < -0.39 is 17.4 Å². The summed E-state index contributed by atoms with van der Waals surface area (Å²) in [6, 6.07) is 11.3. The highest BCUT2D eigenvalue weighted by Gasteiger charge is 2.46. The van der Waals surface area contributed by atoms with Gasteiger partial charge in [0, 0.05) is 41.9 Å². The monoisotopic (exact) mass is 547 g/mol. The lowest BCUT2D eigenvalue weighted by Crippen LogP contribution is -2.42. The van der Waals surface area contributed by atoms with Crippen molar-refractivity contribution >= 4 is 46.1 Å². The normalized spacial score (nSPS) is 20.7. The number of carbonyl (C=O) groups excluding carboxylic acids is 3. The third kappa shape index (κ3) is 4.54. The van der Waals surface area contributed by atoms with Gasteiger partial charge in [0.05, 0.1) is 29.2 Å². The standard InChI is InChI=1S/C29H30ClN5O4/c1-29(2,3)39-28(38)33-12-9-18(10-13-33)35-16-20(19-8-7-17(30)14-21(19)35)24-25(27(37)32-26(24)36)22-15-31-23-6-4-5-11-34(22)23/h4-8,11,14-16,18,24-25H,9-10,12-13H2,1-3H3,(H,32,36,37). The summed E-state index contributed by atoms with van der Waals surface area (Å²) in [4.78, 5) is 45.2. The highest BCUT2D eigenvalue weighted by atomic mass is 35.5. The summed E-state index contributed by atoms with van der Waals surface area (Å²) in [5.74, 6) is -2.11. The number of pyridine rings is 1. The number of hydrogen-bond donors (Lipinski definition) is 1. The molecule has 3 amide bonds. The molecular weight excluding hydrogens is 518 g/mol. The minimum atomic E-state index is -0.723. The molecule has 202 valence electrons. The molecule has 2 atom stereocenters. The first-order chi connectivity index (χ1) is 18.6. The van der Waals surface area contributed by atoms with Crippen LogP contribution in [0.1, 0.15) is 62.7 Å². The number of hydrogen-bond acceptors (Lipinski definition) is 5. The van der Waals surface area contributed by atoms with E-state index in [1.807, 2.05) is 67.9 Å². The largest absolute Gasteiger partial charge is 0.444 e. The van der Waals surface area contributed by atoms with Crippen LogP contribution in [-0.4, -0.2) is 55.4 Å². The lowest BCUT2D eigenvalue weighted by molar-refractivity contribution is -0.125. The molecule has 2 aliphatic heterocycles. The minimum Gasteiger partial charge on any atom is -0.444 e. The second kappa shape index (κ2) is 9.41. The summed E-state index contributed by atoms with van der Waals surface area (Å²) >= 11 is 6.42. The summed E-state index contributed by atoms with van der Waals surface area (Å²) in [6.45, 7) is 6.70. The molecule has 0 aliphatic carbocycles. The summed E-state index contributed by atoms with van der Waals surface area (Å²) in [6.07, 6.45) is 6.66. The first kappa shape index (κ1) is 25.4. The van der Waals surface area contributed by atoms with Crippen LogP contribution in [0.5, 0.6) is 0 Å². The SMILES string of the molecule is CC(C)(C)OC(=O)N1CCC(n2cc(C3C(=O)NC(=O)C3c3cnc4ccccn34)c3ccc(Cl)cc32)CC1. The van der Waals surface area contributed by atoms with Gasteiger partial charge >= 0.3 is 6.09 Å². The topological polar surface area (TPSA) is 97.9 Å². The number of aromatic nitrogens is 3. The van der Waals surface area contributed by atoms with Gasteiger partial charge in [0.2, 0.25) is 11.8 Å². The maximum Gasteiger partial charge on any atom is 0.410 e. The van der Waals surface area contributed by atoms with Gasteiger partial charge in [-0.15, -0.1) is 0 Å². The van der Waals surface area contributed by atoms with Crippen LogP contribution in [0.4, 0.5) is 4.79 Å². The van der Waals surface area contributed by atoms with Crippen molar-refractivity contribution in [2.45, 2.75) is 57.1 Å². The van der Waals surface area contributed by atoms with Gasteiger partial charge in [-0.05, 0) is 63.4 Å². The van der Waals surface area contributed by atoms with Crippen LogP contribution in [0.25, 0.3) is 16.6 Å². The Bertz CT molecular complexity index is 1610. The molecule has 0 radical (unpaired) electrons. The zero-order chi connectivity index (χ0) is 27.5. The van der Waals surface area contributed by atoms with Crippen molar-refractivity contribution in [3.8, 4) is 0 Å². The molecule has 39 heavy (non-hydrogen) atoms. The minimum absolute atomic E-state index is 0.0906. The van der Waals surface area contributed by atoms with Crippen LogP contribution in [0, 0.1) is 0 Å². The number of rotatable bonds is 3. The number of ether oxygens (including phenoxy) is 1. The Morgan fingerprint density at radius 1 is 1.08 bits per heavy atom. The predicted octanol–water partition coefficient (Wildman–Crippen LogP) is 5.04. The number of halogens is 1. The van der Waals surface area contributed by atoms with Gasteiger partial charge in [-0.2, -0.15) is 0 Å². The van der Waals surface area contributed by atoms with Crippen molar-refractivity contribution in [2.75, 3.05) is 13.1 Å². The average molecular weight is 548 g/mol. The van der Waals surface area contributed by atoms with E-state index in [0.717, 1.165) is 29.3 Å². The Labute approximate surface area is 230 Å². The fraction of sp³-hybridized carbons (Fsp3) is 0.379. The molecule has 1 N–H and O–H groups in total. The summed E-state index contributed by atoms with van der Waals surface area (Å²) in [7, 11) is 0. The summed E-state index contributed by atoms with van der Waals surface area (Å²) in [5.41, 5.74) is 2.50. The number of piperidine rings is 1. The second-order valence-electron chi connectivity index (χ2n) is 11.3. The fourth-order valence-corrected chi connectivity index (χ4v) is 6.01. The number of benzene rings is 1. The molecule has 1 aromatic carbocycles. The lowest BCUT2D eigenvalue weighted by Gasteiger charge is -2.34. The third-order valence-electron chi connectivity index (χ3n) is 7.58. The highest BCUT2D eigenvalue weighted by Crippen LogP contribution is 2.43. The van der Waals surface area contributed by atoms with E-state index in [4.69, 9.17) is 16.3 Å². The number of likely N-dealkylation sites (tertiary alicyclic amines) is 1. The first-order valence-corrected chi connectivity index (χ1v) is 13.5. The fourth-order valence-electron chi connectivity index (χ4n) is 5.84. The van der Waals surface area contributed by atoms with Crippen LogP contribution >= 0.6 is 11.6 Å². The van der Waals surface area contributed by atoms with Crippen LogP contribution < -0.4 is 5.32 Å². The predicted molar refractivity (Wildman–Crippen MR) is 147 cm³/mol. The Morgan fingerprint density at radius 3 is 2.56 bits per heavy atom. The van der Waals surface area contributed by atoms with E-state index in [0.29, 0.717) is 29.5 Å². The first-order valence-electron chi connectivity index (χ1n) is 13.2. The number of imide groups is 1. The van der Waals surface area contributed by atoms with Crippen molar-refractivity contribution in [1.29, 1.82) is 0 Å². The molecule has 4 aromatic rings. The molecule has 3 aromatic heterocycles. The summed E-state index contributed by atoms with van der Waals surface area (Å²) in [5, 5.41) is 4.02. The number of amides is 3. The third-order valence-corrected chi connectivity index (χ3v) is 7.82. The number of nitrogens with one attached hydrogen (secondary N) is 1. The van der Waals surface area contributed by atoms with E-state index in [1.54, 1.807) is 17.2 Å². The van der Waals surface area contributed by atoms with Crippen LogP contribution in [0.15, 0.2) is 55.0 Å². The number of imidazole rings is 1. The quantitative estimate of drug-likeness (QED) is 0.362. The molecule has 2 saturated heterocycles. The van der Waals surface area contributed by atoms with Crippen molar-refractivity contribution in [1.82, 2.24) is 24.2 Å². The molecule has 0 spiro atoms. The van der Waals surface area contributed by atoms with E-state index in [-0.39, 0.29) is 23.9 Å². The smallest absolute Gasteiger partial charge is 0.410 e. The van der Waals surface area contributed by atoms with Crippen molar-refractivity contribution < 1.29 is 19.1 Å². The van der Waals surface area contributed by atoms with Crippen LogP contribution in [-0.2, 0) is 14.3 Å². The van der Waals surface area contributed by atoms with Crippen molar-refractivity contribution in [2.24, 2.45) is 0 Å². The molecule has 0 saturated carbocycles. The zero-order valence-corrected chi connectivity index (χ0v) is 22.8. The van der Waals surface area contributed by atoms with Crippen LogP contribution in [0.2, 0.25) is 5.02 Å². The number of nitrogens with zero attached hydrogens (tertiary/aromatic N) is 4. The molecule has 9 nitrogen and oxygen atoms in total. The molecule has 5 heterocycles. The Morgan fingerprint density at radius 2 is 1.82 bits per heavy atom. The van der Waals surface area contributed by atoms with Gasteiger partial charge in [-0.1, -0.05) is 23.7 Å². The second-order valence-corrected chi connectivity index (χ2v) is 11.7. The molecule has 2 unspecified atom stereocenters. The summed E-state index contributed by atoms with van der Waals surface area (Å²) < 4.78 is 9.57. The molecule has 2 aliphatic rings. The van der Waals surface area contributed by atoms with Crippen molar-refractivity contribution in [3.05, 3.63) is 71.3 Å². The van der Waals surface area contributed by atoms with E-state index in [1.165, 1.54) is 0 Å². The van der Waals surface area contributed by atoms with Gasteiger partial charge < -0.3 is 18.6 Å². The van der Waals surface area contributed by atoms with Crippen molar-refractivity contribution in [3.63, 3.8) is 0 Å². The van der Waals surface area contributed by atoms with Gasteiger partial charge in [0.15, 0.2) is 0 Å². The van der Waals surface area contributed by atoms with Gasteiger partial charge in [0.1, 0.15) is 11.2 Å². The molecule has 6 rings (SSSR count). The van der Waals surface area contributed by atoms with Gasteiger partial charge in [0.25, 0.3) is 0 Å². The number of fused-ring (bicyclic) bond motifs is 2. The maximum absolute atomic E-state index is 13.3. The Kier molecular flexibility index (Phi) is 6.14.